The van der Waals surface area contributed by atoms with Crippen LogP contribution in [0.25, 0.3) is 0 Å². The van der Waals surface area contributed by atoms with Crippen molar-refractivity contribution in [2.45, 2.75) is 66.3 Å². The molecule has 1 rings (SSSR count). The first-order valence-corrected chi connectivity index (χ1v) is 7.76. The molecule has 1 aliphatic carbocycles. The Morgan fingerprint density at radius 1 is 1.26 bits per heavy atom. The second-order valence-electron chi connectivity index (χ2n) is 6.82. The van der Waals surface area contributed by atoms with E-state index in [4.69, 9.17) is 4.74 Å². The van der Waals surface area contributed by atoms with Gasteiger partial charge in [0.1, 0.15) is 0 Å². The molecule has 0 spiro atoms. The summed E-state index contributed by atoms with van der Waals surface area (Å²) < 4.78 is 5.10. The van der Waals surface area contributed by atoms with Gasteiger partial charge >= 0.3 is 5.97 Å². The highest BCUT2D eigenvalue weighted by Gasteiger charge is 2.29. The van der Waals surface area contributed by atoms with Crippen LogP contribution in [-0.4, -0.2) is 25.2 Å². The summed E-state index contributed by atoms with van der Waals surface area (Å²) in [5.74, 6) is 0.815. The molecule has 0 aliphatic heterocycles. The lowest BCUT2D eigenvalue weighted by Crippen LogP contribution is -2.41. The van der Waals surface area contributed by atoms with Gasteiger partial charge in [-0.2, -0.15) is 0 Å². The van der Waals surface area contributed by atoms with Crippen LogP contribution in [0.15, 0.2) is 0 Å². The average Bonchev–Trinajstić information content (AvgIpc) is 2.37. The van der Waals surface area contributed by atoms with Gasteiger partial charge in [-0.05, 0) is 43.9 Å². The zero-order valence-electron chi connectivity index (χ0n) is 13.3. The third kappa shape index (κ3) is 5.13. The van der Waals surface area contributed by atoms with Crippen molar-refractivity contribution in [3.63, 3.8) is 0 Å². The Morgan fingerprint density at radius 3 is 2.32 bits per heavy atom. The monoisotopic (exact) mass is 269 g/mol. The lowest BCUT2D eigenvalue weighted by atomic mass is 9.80. The van der Waals surface area contributed by atoms with Crippen molar-refractivity contribution in [3.8, 4) is 0 Å². The number of esters is 1. The number of carbonyl (C=O) groups excluding carboxylic acids is 1. The minimum Gasteiger partial charge on any atom is -0.466 e. The van der Waals surface area contributed by atoms with E-state index in [0.717, 1.165) is 32.2 Å². The lowest BCUT2D eigenvalue weighted by Gasteiger charge is -2.34. The summed E-state index contributed by atoms with van der Waals surface area (Å²) in [6.07, 6.45) is 4.13. The molecule has 0 atom stereocenters. The van der Waals surface area contributed by atoms with Gasteiger partial charge in [-0.3, -0.25) is 4.79 Å². The Kier molecular flexibility index (Phi) is 6.31. The van der Waals surface area contributed by atoms with E-state index in [1.165, 1.54) is 0 Å². The van der Waals surface area contributed by atoms with Crippen LogP contribution in [0.4, 0.5) is 0 Å². The van der Waals surface area contributed by atoms with Crippen molar-refractivity contribution in [1.29, 1.82) is 0 Å². The summed E-state index contributed by atoms with van der Waals surface area (Å²) in [4.78, 5) is 11.7. The fourth-order valence-electron chi connectivity index (χ4n) is 2.40. The summed E-state index contributed by atoms with van der Waals surface area (Å²) in [5, 5.41) is 3.68. The van der Waals surface area contributed by atoms with E-state index in [1.807, 2.05) is 6.92 Å². The SMILES string of the molecule is CCOC(=O)C1CCC(NCC(C)(C)C(C)C)CC1. The molecule has 1 saturated carbocycles. The van der Waals surface area contributed by atoms with Gasteiger partial charge in [0.05, 0.1) is 12.5 Å². The standard InChI is InChI=1S/C16H31NO2/c1-6-19-15(18)13-7-9-14(10-8-13)17-11-16(4,5)12(2)3/h12-14,17H,6-11H2,1-5H3. The zero-order chi connectivity index (χ0) is 14.5. The molecule has 3 heteroatoms. The maximum Gasteiger partial charge on any atom is 0.308 e. The highest BCUT2D eigenvalue weighted by molar-refractivity contribution is 5.72. The molecule has 1 fully saturated rings. The van der Waals surface area contributed by atoms with Crippen molar-refractivity contribution in [1.82, 2.24) is 5.32 Å². The van der Waals surface area contributed by atoms with Crippen molar-refractivity contribution < 1.29 is 9.53 Å². The maximum absolute atomic E-state index is 11.7. The van der Waals surface area contributed by atoms with Gasteiger partial charge in [0.2, 0.25) is 0 Å². The maximum atomic E-state index is 11.7. The molecule has 0 heterocycles. The first-order valence-electron chi connectivity index (χ1n) is 7.76. The molecule has 0 saturated heterocycles. The minimum absolute atomic E-state index is 0.00320. The van der Waals surface area contributed by atoms with Crippen LogP contribution in [0.1, 0.15) is 60.3 Å². The summed E-state index contributed by atoms with van der Waals surface area (Å²) in [5.41, 5.74) is 0.331. The van der Waals surface area contributed by atoms with Crippen LogP contribution in [-0.2, 0) is 9.53 Å². The summed E-state index contributed by atoms with van der Waals surface area (Å²) in [6.45, 7) is 12.6. The van der Waals surface area contributed by atoms with Crippen LogP contribution in [0, 0.1) is 17.3 Å². The van der Waals surface area contributed by atoms with Gasteiger partial charge < -0.3 is 10.1 Å². The molecular weight excluding hydrogens is 238 g/mol. The van der Waals surface area contributed by atoms with Crippen molar-refractivity contribution in [2.75, 3.05) is 13.2 Å². The smallest absolute Gasteiger partial charge is 0.308 e. The first kappa shape index (κ1) is 16.5. The van der Waals surface area contributed by atoms with E-state index in [0.29, 0.717) is 24.0 Å². The van der Waals surface area contributed by atoms with E-state index in [1.54, 1.807) is 0 Å². The molecule has 0 aromatic heterocycles. The Hall–Kier alpha value is -0.570. The van der Waals surface area contributed by atoms with Crippen LogP contribution >= 0.6 is 0 Å². The predicted molar refractivity (Wildman–Crippen MR) is 79.0 cm³/mol. The number of ether oxygens (including phenoxy) is 1. The lowest BCUT2D eigenvalue weighted by molar-refractivity contribution is -0.149. The normalized spacial score (nSPS) is 24.5. The highest BCUT2D eigenvalue weighted by atomic mass is 16.5. The fourth-order valence-corrected chi connectivity index (χ4v) is 2.40. The van der Waals surface area contributed by atoms with E-state index in [9.17, 15) is 4.79 Å². The number of rotatable bonds is 6. The van der Waals surface area contributed by atoms with Crippen molar-refractivity contribution in [2.24, 2.45) is 17.3 Å². The molecule has 19 heavy (non-hydrogen) atoms. The van der Waals surface area contributed by atoms with Gasteiger partial charge in [0.25, 0.3) is 0 Å². The number of hydrogen-bond acceptors (Lipinski definition) is 3. The summed E-state index contributed by atoms with van der Waals surface area (Å²) in [6, 6.07) is 0.573. The quantitative estimate of drug-likeness (QED) is 0.751. The van der Waals surface area contributed by atoms with Crippen LogP contribution in [0.3, 0.4) is 0 Å². The van der Waals surface area contributed by atoms with E-state index in [-0.39, 0.29) is 11.9 Å². The molecule has 0 bridgehead atoms. The summed E-state index contributed by atoms with van der Waals surface area (Å²) >= 11 is 0. The highest BCUT2D eigenvalue weighted by Crippen LogP contribution is 2.28. The number of hydrogen-bond donors (Lipinski definition) is 1. The zero-order valence-corrected chi connectivity index (χ0v) is 13.3. The summed E-state index contributed by atoms with van der Waals surface area (Å²) in [7, 11) is 0. The van der Waals surface area contributed by atoms with Gasteiger partial charge in [0.15, 0.2) is 0 Å². The van der Waals surface area contributed by atoms with Gasteiger partial charge in [-0.15, -0.1) is 0 Å². The molecule has 0 aromatic rings. The molecule has 0 unspecified atom stereocenters. The number of nitrogens with one attached hydrogen (secondary N) is 1. The molecule has 3 nitrogen and oxygen atoms in total. The molecule has 1 N–H and O–H groups in total. The van der Waals surface area contributed by atoms with Crippen molar-refractivity contribution >= 4 is 5.97 Å². The van der Waals surface area contributed by atoms with Crippen LogP contribution < -0.4 is 5.32 Å². The Balaban J connectivity index is 2.29. The van der Waals surface area contributed by atoms with E-state index < -0.39 is 0 Å². The Labute approximate surface area is 118 Å². The van der Waals surface area contributed by atoms with Gasteiger partial charge in [-0.1, -0.05) is 27.7 Å². The molecule has 0 aromatic carbocycles. The third-order valence-electron chi connectivity index (χ3n) is 4.76. The first-order chi connectivity index (χ1) is 8.86. The van der Waals surface area contributed by atoms with Crippen LogP contribution in [0.2, 0.25) is 0 Å². The van der Waals surface area contributed by atoms with E-state index >= 15 is 0 Å². The average molecular weight is 269 g/mol. The minimum atomic E-state index is 0.00320. The predicted octanol–water partition coefficient (Wildman–Crippen LogP) is 3.38. The molecule has 0 radical (unpaired) electrons. The topological polar surface area (TPSA) is 38.3 Å². The molecule has 112 valence electrons. The Morgan fingerprint density at radius 2 is 1.84 bits per heavy atom. The largest absolute Gasteiger partial charge is 0.466 e. The molecule has 1 aliphatic rings. The van der Waals surface area contributed by atoms with E-state index in [2.05, 4.69) is 33.0 Å². The van der Waals surface area contributed by atoms with Crippen molar-refractivity contribution in [3.05, 3.63) is 0 Å². The molecule has 0 amide bonds. The number of carbonyl (C=O) groups is 1. The van der Waals surface area contributed by atoms with Gasteiger partial charge in [-0.25, -0.2) is 0 Å². The van der Waals surface area contributed by atoms with Gasteiger partial charge in [0, 0.05) is 12.6 Å². The fraction of sp³-hybridized carbons (Fsp3) is 0.938. The third-order valence-corrected chi connectivity index (χ3v) is 4.76. The molecular formula is C16H31NO2. The Bertz CT molecular complexity index is 278. The second-order valence-corrected chi connectivity index (χ2v) is 6.82. The second kappa shape index (κ2) is 7.28. The van der Waals surface area contributed by atoms with Crippen LogP contribution in [0.5, 0.6) is 0 Å².